The van der Waals surface area contributed by atoms with Crippen molar-refractivity contribution in [3.63, 3.8) is 0 Å². The molecular formula is C25H38N4O7. The predicted molar refractivity (Wildman–Crippen MR) is 133 cm³/mol. The van der Waals surface area contributed by atoms with Crippen molar-refractivity contribution in [2.45, 2.75) is 58.9 Å². The van der Waals surface area contributed by atoms with E-state index in [4.69, 9.17) is 15.2 Å². The lowest BCUT2D eigenvalue weighted by Crippen LogP contribution is -2.49. The zero-order valence-corrected chi connectivity index (χ0v) is 21.3. The van der Waals surface area contributed by atoms with Gasteiger partial charge in [-0.25, -0.2) is 0 Å². The molecule has 0 aromatic heterocycles. The van der Waals surface area contributed by atoms with Gasteiger partial charge in [0.05, 0.1) is 11.1 Å². The second-order valence-corrected chi connectivity index (χ2v) is 8.04. The fourth-order valence-corrected chi connectivity index (χ4v) is 3.36. The van der Waals surface area contributed by atoms with Crippen molar-refractivity contribution in [1.29, 1.82) is 0 Å². The molecule has 200 valence electrons. The number of fused-ring (bicyclic) bond motifs is 1. The van der Waals surface area contributed by atoms with Crippen LogP contribution in [0.15, 0.2) is 18.2 Å². The van der Waals surface area contributed by atoms with Gasteiger partial charge in [-0.3, -0.25) is 34.2 Å². The highest BCUT2D eigenvalue weighted by molar-refractivity contribution is 6.24. The fourth-order valence-electron chi connectivity index (χ4n) is 3.36. The predicted octanol–water partition coefficient (Wildman–Crippen LogP) is 1.39. The van der Waals surface area contributed by atoms with Crippen LogP contribution in [0.1, 0.15) is 73.6 Å². The van der Waals surface area contributed by atoms with E-state index in [0.717, 1.165) is 11.3 Å². The zero-order chi connectivity index (χ0) is 26.9. The number of nitrogens with zero attached hydrogens (tertiary/aromatic N) is 1. The first-order chi connectivity index (χ1) is 17.4. The van der Waals surface area contributed by atoms with Crippen molar-refractivity contribution in [3.8, 4) is 5.75 Å². The van der Waals surface area contributed by atoms with Gasteiger partial charge in [-0.2, -0.15) is 0 Å². The topological polar surface area (TPSA) is 157 Å². The number of benzene rings is 1. The summed E-state index contributed by atoms with van der Waals surface area (Å²) in [6, 6.07) is 3.33. The Kier molecular flexibility index (Phi) is 14.7. The third kappa shape index (κ3) is 9.04. The molecule has 1 aromatic carbocycles. The molecule has 0 fully saturated rings. The summed E-state index contributed by atoms with van der Waals surface area (Å²) in [6.45, 7) is 7.72. The standard InChI is InChI=1S/C22H30N4O7.C3H8/c1-2-6-16(20(29)25-14-27)26-21(30)15-7-3-8-17(19(15)22(26)31)33-13-18(28)24-10-5-12-32-11-4-9-23;1-3-2/h3,7-8,14,16H,2,4-6,9-13,23H2,1H3,(H,24,28)(H,25,27,29);3H2,1-2H3. The lowest BCUT2D eigenvalue weighted by molar-refractivity contribution is -0.128. The van der Waals surface area contributed by atoms with Crippen molar-refractivity contribution < 1.29 is 33.4 Å². The Morgan fingerprint density at radius 2 is 1.81 bits per heavy atom. The van der Waals surface area contributed by atoms with Crippen molar-refractivity contribution in [3.05, 3.63) is 29.3 Å². The van der Waals surface area contributed by atoms with Crippen molar-refractivity contribution >= 4 is 30.0 Å². The Morgan fingerprint density at radius 3 is 2.44 bits per heavy atom. The number of ether oxygens (including phenoxy) is 2. The Balaban J connectivity index is 0.00000205. The maximum atomic E-state index is 13.1. The molecule has 1 aliphatic heterocycles. The first-order valence-electron chi connectivity index (χ1n) is 12.3. The molecule has 2 rings (SSSR count). The maximum absolute atomic E-state index is 13.1. The SMILES string of the molecule is CCC.CCCC(C(=O)NC=O)N1C(=O)c2cccc(OCC(=O)NCCCOCCCN)c2C1=O. The molecule has 4 N–H and O–H groups in total. The molecule has 1 heterocycles. The van der Waals surface area contributed by atoms with Crippen LogP contribution in [-0.2, 0) is 19.1 Å². The van der Waals surface area contributed by atoms with Crippen LogP contribution < -0.4 is 21.1 Å². The minimum absolute atomic E-state index is 0.0105. The summed E-state index contributed by atoms with van der Waals surface area (Å²) < 4.78 is 10.9. The molecule has 0 spiro atoms. The number of hydrogen-bond acceptors (Lipinski definition) is 8. The van der Waals surface area contributed by atoms with Crippen LogP contribution in [0.4, 0.5) is 0 Å². The lowest BCUT2D eigenvalue weighted by atomic mass is 10.1. The normalized spacial score (nSPS) is 12.8. The largest absolute Gasteiger partial charge is 0.483 e. The molecule has 11 nitrogen and oxygen atoms in total. The van der Waals surface area contributed by atoms with Gasteiger partial charge in [0.2, 0.25) is 12.3 Å². The first-order valence-corrected chi connectivity index (χ1v) is 12.3. The molecule has 36 heavy (non-hydrogen) atoms. The van der Waals surface area contributed by atoms with E-state index in [9.17, 15) is 24.0 Å². The Labute approximate surface area is 212 Å². The van der Waals surface area contributed by atoms with E-state index >= 15 is 0 Å². The monoisotopic (exact) mass is 506 g/mol. The van der Waals surface area contributed by atoms with Crippen LogP contribution in [0.25, 0.3) is 0 Å². The summed E-state index contributed by atoms with van der Waals surface area (Å²) in [5.41, 5.74) is 5.44. The molecule has 1 atom stereocenters. The number of carbonyl (C=O) groups excluding carboxylic acids is 5. The summed E-state index contributed by atoms with van der Waals surface area (Å²) in [7, 11) is 0. The maximum Gasteiger partial charge on any atom is 0.266 e. The molecule has 1 aliphatic rings. The third-order valence-electron chi connectivity index (χ3n) is 4.92. The molecule has 1 unspecified atom stereocenters. The molecule has 0 bridgehead atoms. The molecule has 0 saturated carbocycles. The van der Waals surface area contributed by atoms with E-state index in [1.807, 2.05) is 5.32 Å². The van der Waals surface area contributed by atoms with Gasteiger partial charge in [0.25, 0.3) is 17.7 Å². The number of rotatable bonds is 15. The Morgan fingerprint density at radius 1 is 1.11 bits per heavy atom. The van der Waals surface area contributed by atoms with Gasteiger partial charge in [0.1, 0.15) is 11.8 Å². The van der Waals surface area contributed by atoms with Crippen molar-refractivity contribution in [1.82, 2.24) is 15.5 Å². The van der Waals surface area contributed by atoms with E-state index in [0.29, 0.717) is 39.1 Å². The lowest BCUT2D eigenvalue weighted by Gasteiger charge is -2.24. The molecule has 0 saturated heterocycles. The highest BCUT2D eigenvalue weighted by Gasteiger charge is 2.44. The second kappa shape index (κ2) is 17.2. The van der Waals surface area contributed by atoms with Crippen LogP contribution in [-0.4, -0.2) is 73.9 Å². The smallest absolute Gasteiger partial charge is 0.266 e. The van der Waals surface area contributed by atoms with Gasteiger partial charge in [-0.05, 0) is 37.9 Å². The van der Waals surface area contributed by atoms with Crippen LogP contribution in [0, 0.1) is 0 Å². The van der Waals surface area contributed by atoms with Gasteiger partial charge < -0.3 is 20.5 Å². The number of amides is 5. The van der Waals surface area contributed by atoms with E-state index < -0.39 is 29.7 Å². The van der Waals surface area contributed by atoms with E-state index in [-0.39, 0.29) is 36.3 Å². The van der Waals surface area contributed by atoms with E-state index in [1.54, 1.807) is 6.92 Å². The minimum Gasteiger partial charge on any atom is -0.483 e. The van der Waals surface area contributed by atoms with Gasteiger partial charge in [-0.15, -0.1) is 0 Å². The third-order valence-corrected chi connectivity index (χ3v) is 4.92. The van der Waals surface area contributed by atoms with Gasteiger partial charge in [0, 0.05) is 19.8 Å². The summed E-state index contributed by atoms with van der Waals surface area (Å²) in [4.78, 5) is 61.8. The summed E-state index contributed by atoms with van der Waals surface area (Å²) in [5.74, 6) is -2.42. The number of carbonyl (C=O) groups is 5. The molecule has 0 radical (unpaired) electrons. The van der Waals surface area contributed by atoms with E-state index in [1.165, 1.54) is 24.6 Å². The number of hydrogen-bond donors (Lipinski definition) is 3. The van der Waals surface area contributed by atoms with Crippen LogP contribution >= 0.6 is 0 Å². The van der Waals surface area contributed by atoms with Gasteiger partial charge in [0.15, 0.2) is 6.61 Å². The number of nitrogens with one attached hydrogen (secondary N) is 2. The van der Waals surface area contributed by atoms with Crippen LogP contribution in [0.3, 0.4) is 0 Å². The number of imide groups is 2. The van der Waals surface area contributed by atoms with Crippen LogP contribution in [0.5, 0.6) is 5.75 Å². The molecule has 1 aromatic rings. The van der Waals surface area contributed by atoms with Crippen molar-refractivity contribution in [2.24, 2.45) is 5.73 Å². The summed E-state index contributed by atoms with van der Waals surface area (Å²) in [5, 5.41) is 4.69. The molecular weight excluding hydrogens is 468 g/mol. The van der Waals surface area contributed by atoms with E-state index in [2.05, 4.69) is 19.2 Å². The number of nitrogens with two attached hydrogens (primary N) is 1. The fraction of sp³-hybridized carbons (Fsp3) is 0.560. The first kappa shape index (κ1) is 30.7. The summed E-state index contributed by atoms with van der Waals surface area (Å²) >= 11 is 0. The average molecular weight is 507 g/mol. The quantitative estimate of drug-likeness (QED) is 0.183. The average Bonchev–Trinajstić information content (AvgIpc) is 3.11. The minimum atomic E-state index is -1.13. The highest BCUT2D eigenvalue weighted by Crippen LogP contribution is 2.33. The Bertz CT molecular complexity index is 891. The molecule has 0 aliphatic carbocycles. The molecule has 11 heteroatoms. The Hall–Kier alpha value is -3.31. The summed E-state index contributed by atoms with van der Waals surface area (Å²) in [6.07, 6.45) is 3.57. The highest BCUT2D eigenvalue weighted by atomic mass is 16.5. The van der Waals surface area contributed by atoms with Gasteiger partial charge in [-0.1, -0.05) is 39.7 Å². The second-order valence-electron chi connectivity index (χ2n) is 8.04. The van der Waals surface area contributed by atoms with Crippen molar-refractivity contribution in [2.75, 3.05) is 32.9 Å². The van der Waals surface area contributed by atoms with Gasteiger partial charge >= 0.3 is 0 Å². The van der Waals surface area contributed by atoms with Crippen LogP contribution in [0.2, 0.25) is 0 Å². The molecule has 5 amide bonds. The zero-order valence-electron chi connectivity index (χ0n) is 21.3.